The van der Waals surface area contributed by atoms with E-state index in [9.17, 15) is 13.2 Å². The number of aryl methyl sites for hydroxylation is 2. The largest absolute Gasteiger partial charge is 0.339 e. The topological polar surface area (TPSA) is 153 Å². The van der Waals surface area contributed by atoms with Gasteiger partial charge in [-0.15, -0.1) is 0 Å². The van der Waals surface area contributed by atoms with E-state index in [0.29, 0.717) is 73.2 Å². The van der Waals surface area contributed by atoms with Crippen LogP contribution in [-0.2, 0) is 27.7 Å². The molecule has 1 amide bonds. The molecule has 2 aromatic carbocycles. The molecule has 0 spiro atoms. The van der Waals surface area contributed by atoms with E-state index in [1.807, 2.05) is 36.5 Å². The highest BCUT2D eigenvalue weighted by atomic mass is 35.5. The van der Waals surface area contributed by atoms with Gasteiger partial charge in [0.05, 0.1) is 34.6 Å². The highest BCUT2D eigenvalue weighted by molar-refractivity contribution is 7.89. The van der Waals surface area contributed by atoms with Crippen LogP contribution in [0.2, 0.25) is 5.02 Å². The summed E-state index contributed by atoms with van der Waals surface area (Å²) in [6, 6.07) is 15.6. The number of pyridine rings is 1. The lowest BCUT2D eigenvalue weighted by molar-refractivity contribution is -0.117. The van der Waals surface area contributed by atoms with Crippen LogP contribution in [0.3, 0.4) is 0 Å². The number of carbonyl (C=O) groups is 1. The number of hydrogen-bond acceptors (Lipinski definition) is 9. The van der Waals surface area contributed by atoms with E-state index in [4.69, 9.17) is 16.9 Å². The highest BCUT2D eigenvalue weighted by Crippen LogP contribution is 2.31. The van der Waals surface area contributed by atoms with Crippen LogP contribution in [0.1, 0.15) is 36.0 Å². The fourth-order valence-electron chi connectivity index (χ4n) is 5.42. The molecule has 4 aromatic rings. The number of benzene rings is 2. The van der Waals surface area contributed by atoms with Crippen molar-refractivity contribution >= 4 is 56.4 Å². The van der Waals surface area contributed by atoms with Crippen molar-refractivity contribution in [2.45, 2.75) is 37.0 Å². The number of halogens is 1. The molecule has 6 rings (SSSR count). The number of aromatic nitrogens is 3. The molecule has 44 heavy (non-hydrogen) atoms. The predicted octanol–water partition coefficient (Wildman–Crippen LogP) is 5.41. The van der Waals surface area contributed by atoms with Crippen molar-refractivity contribution in [3.63, 3.8) is 0 Å². The third-order valence-electron chi connectivity index (χ3n) is 7.79. The van der Waals surface area contributed by atoms with E-state index in [1.165, 1.54) is 34.8 Å². The molecule has 0 atom stereocenters. The Morgan fingerprint density at radius 1 is 1.02 bits per heavy atom. The molecule has 2 aliphatic rings. The van der Waals surface area contributed by atoms with E-state index in [0.717, 1.165) is 22.5 Å². The molecule has 0 radical (unpaired) electrons. The van der Waals surface area contributed by atoms with Gasteiger partial charge in [-0.1, -0.05) is 11.6 Å². The zero-order valence-corrected chi connectivity index (χ0v) is 25.2. The van der Waals surface area contributed by atoms with Crippen LogP contribution in [0.5, 0.6) is 0 Å². The Morgan fingerprint density at radius 3 is 2.59 bits per heavy atom. The summed E-state index contributed by atoms with van der Waals surface area (Å²) < 4.78 is 27.6. The van der Waals surface area contributed by atoms with Crippen molar-refractivity contribution < 1.29 is 13.2 Å². The van der Waals surface area contributed by atoms with Crippen molar-refractivity contribution in [2.75, 3.05) is 29.0 Å². The Hall–Kier alpha value is -4.57. The van der Waals surface area contributed by atoms with Crippen LogP contribution in [0.4, 0.5) is 28.8 Å². The van der Waals surface area contributed by atoms with Crippen molar-refractivity contribution in [2.24, 2.45) is 5.92 Å². The molecule has 13 heteroatoms. The first-order valence-corrected chi connectivity index (χ1v) is 16.0. The minimum Gasteiger partial charge on any atom is -0.339 e. The highest BCUT2D eigenvalue weighted by Gasteiger charge is 2.30. The lowest BCUT2D eigenvalue weighted by Crippen LogP contribution is -2.39. The minimum atomic E-state index is -3.66. The Morgan fingerprint density at radius 2 is 1.82 bits per heavy atom. The number of amides is 1. The summed E-state index contributed by atoms with van der Waals surface area (Å²) in [6.45, 7) is 0.669. The van der Waals surface area contributed by atoms with E-state index in [-0.39, 0.29) is 16.7 Å². The summed E-state index contributed by atoms with van der Waals surface area (Å²) in [6.07, 6.45) is 7.84. The maximum atomic E-state index is 13.2. The number of rotatable bonds is 5. The summed E-state index contributed by atoms with van der Waals surface area (Å²) in [5.41, 5.74) is 4.60. The summed E-state index contributed by atoms with van der Waals surface area (Å²) in [5.74, 6) is 0.776. The van der Waals surface area contributed by atoms with Gasteiger partial charge in [0.25, 0.3) is 0 Å². The van der Waals surface area contributed by atoms with Crippen molar-refractivity contribution in [3.8, 4) is 6.07 Å². The van der Waals surface area contributed by atoms with Crippen molar-refractivity contribution in [3.05, 3.63) is 88.8 Å². The number of hydrogen-bond donors (Lipinski definition) is 3. The summed E-state index contributed by atoms with van der Waals surface area (Å²) in [4.78, 5) is 26.5. The van der Waals surface area contributed by atoms with E-state index in [1.54, 1.807) is 6.20 Å². The second kappa shape index (κ2) is 12.6. The summed E-state index contributed by atoms with van der Waals surface area (Å²) in [5, 5.41) is 18.9. The lowest BCUT2D eigenvalue weighted by atomic mass is 9.94. The van der Waals surface area contributed by atoms with Gasteiger partial charge < -0.3 is 16.0 Å². The number of nitrogens with zero attached hydrogens (tertiary/aromatic N) is 5. The van der Waals surface area contributed by atoms with Crippen LogP contribution in [0, 0.1) is 17.2 Å². The second-order valence-electron chi connectivity index (χ2n) is 10.8. The molecule has 0 unspecified atom stereocenters. The van der Waals surface area contributed by atoms with E-state index < -0.39 is 10.0 Å². The fraction of sp³-hybridized carbons (Fsp3) is 0.258. The summed E-state index contributed by atoms with van der Waals surface area (Å²) in [7, 11) is -3.66. The number of fused-ring (bicyclic) bond motifs is 6. The maximum absolute atomic E-state index is 13.2. The Balaban J connectivity index is 1.13. The molecule has 3 N–H and O–H groups in total. The molecule has 0 saturated carbocycles. The Bertz CT molecular complexity index is 1850. The molecular formula is C31H29ClN8O3S. The van der Waals surface area contributed by atoms with E-state index >= 15 is 0 Å². The minimum absolute atomic E-state index is 0.0591. The van der Waals surface area contributed by atoms with Crippen LogP contribution in [-0.4, -0.2) is 46.7 Å². The van der Waals surface area contributed by atoms with Gasteiger partial charge in [-0.05, 0) is 91.3 Å². The molecular weight excluding hydrogens is 600 g/mol. The summed E-state index contributed by atoms with van der Waals surface area (Å²) >= 11 is 6.37. The average Bonchev–Trinajstić information content (AvgIpc) is 3.03. The van der Waals surface area contributed by atoms with E-state index in [2.05, 4.69) is 30.9 Å². The number of carbonyl (C=O) groups excluding carboxylic acids is 1. The third kappa shape index (κ3) is 6.65. The number of nitriles is 1. The number of anilines is 5. The molecule has 11 nitrogen and oxygen atoms in total. The monoisotopic (exact) mass is 628 g/mol. The first-order valence-electron chi connectivity index (χ1n) is 14.2. The standard InChI is InChI=1S/C31H29ClN8O3S/c32-27-19-35-31-37-25-13-22(17-34-18-25)1-4-23-15-24(36-30(27)39-31)5-8-28(23)38-29(41)14-20-9-11-40(12-10-20)44(42,43)26-6-2-21(16-33)3-7-26/h2-3,5-8,13,15,17-20H,1,4,9-12,14H2,(H,38,41)(H2,35,36,37,39). The van der Waals surface area contributed by atoms with Gasteiger partial charge in [-0.2, -0.15) is 14.6 Å². The fourth-order valence-corrected chi connectivity index (χ4v) is 7.03. The van der Waals surface area contributed by atoms with Crippen molar-refractivity contribution in [1.29, 1.82) is 5.26 Å². The first-order chi connectivity index (χ1) is 21.3. The van der Waals surface area contributed by atoms with Gasteiger partial charge in [-0.3, -0.25) is 9.78 Å². The smallest absolute Gasteiger partial charge is 0.243 e. The molecule has 1 saturated heterocycles. The normalized spacial score (nSPS) is 15.4. The number of piperidine rings is 1. The molecule has 2 aliphatic heterocycles. The van der Waals surface area contributed by atoms with Gasteiger partial charge in [0.1, 0.15) is 5.02 Å². The predicted molar refractivity (Wildman–Crippen MR) is 168 cm³/mol. The van der Waals surface area contributed by atoms with Gasteiger partial charge in [0.2, 0.25) is 21.9 Å². The zero-order valence-electron chi connectivity index (χ0n) is 23.6. The molecule has 1 fully saturated rings. The SMILES string of the molecule is N#Cc1ccc(S(=O)(=O)N2CCC(CC(=O)Nc3ccc4cc3CCc3cncc(c3)Nc3ncc(Cl)c(n3)N4)CC2)cc1. The Labute approximate surface area is 260 Å². The van der Waals surface area contributed by atoms with Gasteiger partial charge >= 0.3 is 0 Å². The van der Waals surface area contributed by atoms with Crippen LogP contribution in [0.15, 0.2) is 72.0 Å². The van der Waals surface area contributed by atoms with Crippen LogP contribution in [0.25, 0.3) is 0 Å². The zero-order chi connectivity index (χ0) is 30.7. The van der Waals surface area contributed by atoms with Crippen LogP contribution < -0.4 is 16.0 Å². The van der Waals surface area contributed by atoms with Gasteiger partial charge in [0, 0.05) is 37.1 Å². The average molecular weight is 629 g/mol. The lowest BCUT2D eigenvalue weighted by Gasteiger charge is -2.31. The quantitative estimate of drug-likeness (QED) is 0.263. The molecule has 2 aromatic heterocycles. The number of nitrogens with one attached hydrogen (secondary N) is 3. The molecule has 224 valence electrons. The molecule has 0 aliphatic carbocycles. The van der Waals surface area contributed by atoms with Crippen molar-refractivity contribution in [1.82, 2.24) is 19.3 Å². The number of sulfonamides is 1. The van der Waals surface area contributed by atoms with Crippen LogP contribution >= 0.6 is 11.6 Å². The maximum Gasteiger partial charge on any atom is 0.243 e. The van der Waals surface area contributed by atoms with Gasteiger partial charge in [-0.25, -0.2) is 13.4 Å². The molecule has 6 bridgehead atoms. The first kappa shape index (κ1) is 29.5. The third-order valence-corrected chi connectivity index (χ3v) is 9.98. The Kier molecular flexibility index (Phi) is 8.43. The van der Waals surface area contributed by atoms with Gasteiger partial charge in [0.15, 0.2) is 5.82 Å². The second-order valence-corrected chi connectivity index (χ2v) is 13.2. The molecule has 4 heterocycles.